The number of rotatable bonds is 0. The lowest BCUT2D eigenvalue weighted by molar-refractivity contribution is 0.636. The average molecular weight is 236 g/mol. The number of halogens is 1. The molecule has 3 aromatic carbocycles. The van der Waals surface area contributed by atoms with Gasteiger partial charge in [-0.15, -0.1) is 0 Å². The molecule has 1 aromatic heterocycles. The number of hydrogen-bond acceptors (Lipinski definition) is 1. The molecule has 0 saturated heterocycles. The van der Waals surface area contributed by atoms with Gasteiger partial charge in [0, 0.05) is 10.8 Å². The highest BCUT2D eigenvalue weighted by molar-refractivity contribution is 6.15. The molecular weight excluding hydrogens is 227 g/mol. The summed E-state index contributed by atoms with van der Waals surface area (Å²) >= 11 is 0. The predicted octanol–water partition coefficient (Wildman–Crippen LogP) is 4.88. The van der Waals surface area contributed by atoms with Crippen molar-refractivity contribution in [2.75, 3.05) is 0 Å². The fourth-order valence-electron chi connectivity index (χ4n) is 2.51. The Hall–Kier alpha value is -2.35. The summed E-state index contributed by atoms with van der Waals surface area (Å²) in [6, 6.07) is 16.8. The van der Waals surface area contributed by atoms with E-state index in [9.17, 15) is 4.39 Å². The Morgan fingerprint density at radius 2 is 1.56 bits per heavy atom. The highest BCUT2D eigenvalue weighted by Gasteiger charge is 2.13. The van der Waals surface area contributed by atoms with Gasteiger partial charge in [-0.1, -0.05) is 42.5 Å². The average Bonchev–Trinajstić information content (AvgIpc) is 2.79. The molecule has 0 aliphatic rings. The van der Waals surface area contributed by atoms with Gasteiger partial charge in [0.05, 0.1) is 5.39 Å². The van der Waals surface area contributed by atoms with Crippen molar-refractivity contribution in [1.29, 1.82) is 0 Å². The number of fused-ring (bicyclic) bond motifs is 5. The first-order valence-electron chi connectivity index (χ1n) is 5.83. The van der Waals surface area contributed by atoms with E-state index in [-0.39, 0.29) is 5.82 Å². The van der Waals surface area contributed by atoms with Crippen LogP contribution in [0.15, 0.2) is 59.0 Å². The van der Waals surface area contributed by atoms with Crippen molar-refractivity contribution in [1.82, 2.24) is 0 Å². The number of furan rings is 1. The maximum Gasteiger partial charge on any atom is 0.146 e. The molecule has 86 valence electrons. The van der Waals surface area contributed by atoms with Crippen molar-refractivity contribution in [3.63, 3.8) is 0 Å². The zero-order valence-corrected chi connectivity index (χ0v) is 9.48. The fraction of sp³-hybridized carbons (Fsp3) is 0. The molecule has 0 aliphatic carbocycles. The summed E-state index contributed by atoms with van der Waals surface area (Å²) in [6.45, 7) is 0. The minimum absolute atomic E-state index is 0.228. The minimum Gasteiger partial charge on any atom is -0.455 e. The minimum atomic E-state index is -0.228. The lowest BCUT2D eigenvalue weighted by atomic mass is 10.1. The lowest BCUT2D eigenvalue weighted by Gasteiger charge is -1.99. The molecule has 0 aliphatic heterocycles. The van der Waals surface area contributed by atoms with Crippen LogP contribution in [0.4, 0.5) is 4.39 Å². The van der Waals surface area contributed by atoms with Crippen molar-refractivity contribution in [2.24, 2.45) is 0 Å². The van der Waals surface area contributed by atoms with Gasteiger partial charge >= 0.3 is 0 Å². The van der Waals surface area contributed by atoms with Gasteiger partial charge in [0.1, 0.15) is 17.0 Å². The second-order valence-corrected chi connectivity index (χ2v) is 4.38. The largest absolute Gasteiger partial charge is 0.455 e. The molecule has 2 heteroatoms. The van der Waals surface area contributed by atoms with E-state index < -0.39 is 0 Å². The highest BCUT2D eigenvalue weighted by atomic mass is 19.1. The first-order valence-corrected chi connectivity index (χ1v) is 5.83. The molecule has 0 atom stereocenters. The Kier molecular flexibility index (Phi) is 1.78. The molecule has 0 radical (unpaired) electrons. The normalized spacial score (nSPS) is 11.6. The zero-order valence-electron chi connectivity index (χ0n) is 9.48. The maximum absolute atomic E-state index is 14.2. The number of para-hydroxylation sites is 1. The van der Waals surface area contributed by atoms with Crippen LogP contribution in [0.2, 0.25) is 0 Å². The topological polar surface area (TPSA) is 13.1 Å². The highest BCUT2D eigenvalue weighted by Crippen LogP contribution is 2.35. The Bertz CT molecular complexity index is 889. The van der Waals surface area contributed by atoms with Crippen LogP contribution in [-0.4, -0.2) is 0 Å². The molecule has 0 saturated carbocycles. The Labute approximate surface area is 102 Å². The van der Waals surface area contributed by atoms with Gasteiger partial charge in [-0.25, -0.2) is 4.39 Å². The van der Waals surface area contributed by atoms with Gasteiger partial charge in [-0.3, -0.25) is 0 Å². The van der Waals surface area contributed by atoms with E-state index in [1.54, 1.807) is 6.07 Å². The third-order valence-corrected chi connectivity index (χ3v) is 3.32. The van der Waals surface area contributed by atoms with Crippen molar-refractivity contribution >= 4 is 32.7 Å². The van der Waals surface area contributed by atoms with Gasteiger partial charge in [0.15, 0.2) is 0 Å². The summed E-state index contributed by atoms with van der Waals surface area (Å²) in [5, 5.41) is 3.21. The summed E-state index contributed by atoms with van der Waals surface area (Å²) in [4.78, 5) is 0. The van der Waals surface area contributed by atoms with Crippen molar-refractivity contribution < 1.29 is 8.81 Å². The summed E-state index contributed by atoms with van der Waals surface area (Å²) in [6.07, 6.45) is 0. The molecular formula is C16H9FO. The van der Waals surface area contributed by atoms with Crippen LogP contribution >= 0.6 is 0 Å². The van der Waals surface area contributed by atoms with Gasteiger partial charge < -0.3 is 4.42 Å². The standard InChI is InChI=1S/C16H9FO/c17-13-9-10-5-1-2-6-11(10)16-15(13)12-7-3-4-8-14(12)18-16/h1-9H. The quantitative estimate of drug-likeness (QED) is 0.424. The monoisotopic (exact) mass is 236 g/mol. The number of hydrogen-bond donors (Lipinski definition) is 0. The molecule has 18 heavy (non-hydrogen) atoms. The van der Waals surface area contributed by atoms with Gasteiger partial charge in [0.25, 0.3) is 0 Å². The molecule has 0 spiro atoms. The number of benzene rings is 3. The predicted molar refractivity (Wildman–Crippen MR) is 71.2 cm³/mol. The molecule has 0 bridgehead atoms. The third-order valence-electron chi connectivity index (χ3n) is 3.32. The molecule has 1 nitrogen and oxygen atoms in total. The second kappa shape index (κ2) is 3.33. The van der Waals surface area contributed by atoms with Gasteiger partial charge in [0.2, 0.25) is 0 Å². The van der Waals surface area contributed by atoms with Crippen LogP contribution in [0.25, 0.3) is 32.7 Å². The maximum atomic E-state index is 14.2. The van der Waals surface area contributed by atoms with Crippen LogP contribution in [0.1, 0.15) is 0 Å². The van der Waals surface area contributed by atoms with E-state index in [1.807, 2.05) is 48.5 Å². The van der Waals surface area contributed by atoms with Crippen LogP contribution in [0, 0.1) is 5.82 Å². The molecule has 0 unspecified atom stereocenters. The van der Waals surface area contributed by atoms with Crippen LogP contribution in [-0.2, 0) is 0 Å². The molecule has 0 N–H and O–H groups in total. The SMILES string of the molecule is Fc1cc2ccccc2c2oc3ccccc3c12. The summed E-state index contributed by atoms with van der Waals surface area (Å²) in [5.41, 5.74) is 1.36. The fourth-order valence-corrected chi connectivity index (χ4v) is 2.51. The van der Waals surface area contributed by atoms with E-state index in [0.717, 1.165) is 21.7 Å². The van der Waals surface area contributed by atoms with Crippen LogP contribution in [0.5, 0.6) is 0 Å². The Balaban J connectivity index is 2.38. The zero-order chi connectivity index (χ0) is 12.1. The van der Waals surface area contributed by atoms with E-state index in [1.165, 1.54) is 0 Å². The summed E-state index contributed by atoms with van der Waals surface area (Å²) in [7, 11) is 0. The van der Waals surface area contributed by atoms with Crippen LogP contribution in [0.3, 0.4) is 0 Å². The van der Waals surface area contributed by atoms with Crippen molar-refractivity contribution in [3.05, 3.63) is 60.4 Å². The molecule has 4 rings (SSSR count). The molecule has 0 fully saturated rings. The third kappa shape index (κ3) is 1.15. The van der Waals surface area contributed by atoms with E-state index >= 15 is 0 Å². The van der Waals surface area contributed by atoms with Crippen molar-refractivity contribution in [3.8, 4) is 0 Å². The first-order chi connectivity index (χ1) is 8.84. The second-order valence-electron chi connectivity index (χ2n) is 4.38. The Morgan fingerprint density at radius 1 is 0.833 bits per heavy atom. The summed E-state index contributed by atoms with van der Waals surface area (Å²) in [5.74, 6) is -0.228. The smallest absolute Gasteiger partial charge is 0.146 e. The molecule has 0 amide bonds. The van der Waals surface area contributed by atoms with Gasteiger partial charge in [-0.2, -0.15) is 0 Å². The van der Waals surface area contributed by atoms with E-state index in [2.05, 4.69) is 0 Å². The van der Waals surface area contributed by atoms with E-state index in [0.29, 0.717) is 11.0 Å². The summed E-state index contributed by atoms with van der Waals surface area (Å²) < 4.78 is 20.0. The van der Waals surface area contributed by atoms with Gasteiger partial charge in [-0.05, 0) is 17.5 Å². The van der Waals surface area contributed by atoms with Crippen molar-refractivity contribution in [2.45, 2.75) is 0 Å². The lowest BCUT2D eigenvalue weighted by Crippen LogP contribution is -1.79. The Morgan fingerprint density at radius 3 is 2.44 bits per heavy atom. The first kappa shape index (κ1) is 9.66. The van der Waals surface area contributed by atoms with E-state index in [4.69, 9.17) is 4.42 Å². The van der Waals surface area contributed by atoms with Crippen LogP contribution < -0.4 is 0 Å². The molecule has 4 aromatic rings. The molecule has 1 heterocycles.